The van der Waals surface area contributed by atoms with E-state index in [1.54, 1.807) is 0 Å². The van der Waals surface area contributed by atoms with Crippen LogP contribution in [-0.4, -0.2) is 5.48 Å². The molecule has 0 aromatic rings. The molecule has 0 aliphatic carbocycles. The Hall–Kier alpha value is 2.41. The van der Waals surface area contributed by atoms with Crippen molar-refractivity contribution in [3.63, 3.8) is 0 Å². The van der Waals surface area contributed by atoms with E-state index in [-0.39, 0.29) is 25.0 Å². The zero-order chi connectivity index (χ0) is 10.7. The third-order valence-corrected chi connectivity index (χ3v) is 0. The smallest absolute Gasteiger partial charge is 0.427 e. The SMILES string of the molecule is O.[O-][I+2]([O-])[O-].[O-][I+2]([O-])[O-].[O-][I+2]([O-])[O-].[Rh+3]. The molecule has 0 fully saturated rings. The van der Waals surface area contributed by atoms with E-state index in [2.05, 4.69) is 0 Å². The van der Waals surface area contributed by atoms with Crippen LogP contribution in [0.4, 0.5) is 0 Å². The van der Waals surface area contributed by atoms with Gasteiger partial charge in [0.1, 0.15) is 0 Å². The second-order valence-corrected chi connectivity index (χ2v) is 3.80. The average Bonchev–Trinajstić information content (AvgIpc) is 1.54. The van der Waals surface area contributed by atoms with Crippen LogP contribution >= 0.6 is 0 Å². The minimum Gasteiger partial charge on any atom is -0.427 e. The van der Waals surface area contributed by atoms with Gasteiger partial charge in [-0.3, -0.25) is 0 Å². The summed E-state index contributed by atoms with van der Waals surface area (Å²) in [6.07, 6.45) is 0. The number of hydrogen-bond acceptors (Lipinski definition) is 9. The Morgan fingerprint density at radius 3 is 0.429 bits per heavy atom. The molecule has 0 aromatic carbocycles. The molecule has 0 unspecified atom stereocenters. The first-order valence-electron chi connectivity index (χ1n) is 1.39. The van der Waals surface area contributed by atoms with Gasteiger partial charge in [-0.1, -0.05) is 0 Å². The van der Waals surface area contributed by atoms with Crippen molar-refractivity contribution in [2.24, 2.45) is 0 Å². The summed E-state index contributed by atoms with van der Waals surface area (Å²) >= 11 is -12.0. The summed E-state index contributed by atoms with van der Waals surface area (Å²) in [6, 6.07) is 0. The first-order valence-corrected chi connectivity index (χ1v) is 9.32. The van der Waals surface area contributed by atoms with Gasteiger partial charge in [-0.15, -0.1) is 0 Å². The third-order valence-electron chi connectivity index (χ3n) is 0. The van der Waals surface area contributed by atoms with Crippen LogP contribution in [0.25, 0.3) is 0 Å². The molecule has 14 heavy (non-hydrogen) atoms. The van der Waals surface area contributed by atoms with Crippen molar-refractivity contribution in [1.29, 1.82) is 0 Å². The van der Waals surface area contributed by atoms with Gasteiger partial charge in [0.15, 0.2) is 0 Å². The minimum atomic E-state index is -4.01. The summed E-state index contributed by atoms with van der Waals surface area (Å²) in [5, 5.41) is 0. The molecule has 0 aliphatic rings. The monoisotopic (exact) mass is 646 g/mol. The summed E-state index contributed by atoms with van der Waals surface area (Å²) in [4.78, 5) is 0. The predicted octanol–water partition coefficient (Wildman–Crippen LogP) is -20.5. The Kier molecular flexibility index (Phi) is 52.6. The zero-order valence-electron chi connectivity index (χ0n) is 5.64. The quantitative estimate of drug-likeness (QED) is 0.179. The van der Waals surface area contributed by atoms with Gasteiger partial charge in [0.25, 0.3) is 63.2 Å². The van der Waals surface area contributed by atoms with Crippen molar-refractivity contribution in [3.8, 4) is 0 Å². The molecule has 0 radical (unpaired) electrons. The maximum atomic E-state index is 8.57. The molecule has 10 nitrogen and oxygen atoms in total. The van der Waals surface area contributed by atoms with Crippen LogP contribution in [0.5, 0.6) is 0 Å². The van der Waals surface area contributed by atoms with Gasteiger partial charge in [0.05, 0.1) is 0 Å². The van der Waals surface area contributed by atoms with Crippen LogP contribution in [0, 0.1) is 0 Å². The molecule has 0 saturated carbocycles. The van der Waals surface area contributed by atoms with Crippen LogP contribution in [0.1, 0.15) is 0 Å². The fraction of sp³-hybridized carbons (Fsp3) is 0. The summed E-state index contributed by atoms with van der Waals surface area (Å²) in [7, 11) is 0. The van der Waals surface area contributed by atoms with Gasteiger partial charge in [0, 0.05) is 0 Å². The van der Waals surface area contributed by atoms with Crippen molar-refractivity contribution in [2.75, 3.05) is 0 Å². The molecule has 0 aromatic heterocycles. The van der Waals surface area contributed by atoms with Crippen LogP contribution in [0.15, 0.2) is 0 Å². The Morgan fingerprint density at radius 1 is 0.429 bits per heavy atom. The molecular weight excluding hydrogens is 644 g/mol. The average molecular weight is 646 g/mol. The molecule has 0 atom stereocenters. The van der Waals surface area contributed by atoms with E-state index in [0.29, 0.717) is 0 Å². The third kappa shape index (κ3) is 445. The van der Waals surface area contributed by atoms with E-state index in [4.69, 9.17) is 30.9 Å². The molecule has 0 saturated heterocycles. The van der Waals surface area contributed by atoms with Crippen molar-refractivity contribution in [2.45, 2.75) is 0 Å². The van der Waals surface area contributed by atoms with Crippen LogP contribution in [0.3, 0.4) is 0 Å². The molecule has 0 bridgehead atoms. The molecule has 0 amide bonds. The largest absolute Gasteiger partial charge is 3.00 e. The molecule has 2 N–H and O–H groups in total. The van der Waals surface area contributed by atoms with E-state index in [1.807, 2.05) is 0 Å². The Morgan fingerprint density at radius 2 is 0.429 bits per heavy atom. The van der Waals surface area contributed by atoms with E-state index in [1.165, 1.54) is 0 Å². The fourth-order valence-corrected chi connectivity index (χ4v) is 0. The summed E-state index contributed by atoms with van der Waals surface area (Å²) < 4.78 is 77.2. The van der Waals surface area contributed by atoms with E-state index < -0.39 is 63.2 Å². The number of halogens is 3. The molecular formula is H2I3O10Rh. The van der Waals surface area contributed by atoms with Crippen molar-refractivity contribution < 1.29 is 119 Å². The Bertz CT molecular complexity index is 43.9. The standard InChI is InChI=1S/3IO3.H2O.Rh/c3*2-1(3)4;;/h;;;1H2;/q3*-1;;+3. The number of hydrogen-bond donors (Lipinski definition) is 0. The molecule has 0 spiro atoms. The van der Waals surface area contributed by atoms with Crippen LogP contribution in [0.2, 0.25) is 0 Å². The Labute approximate surface area is 117 Å². The van der Waals surface area contributed by atoms with Gasteiger partial charge in [-0.2, -0.15) is 0 Å². The van der Waals surface area contributed by atoms with Crippen molar-refractivity contribution in [3.05, 3.63) is 0 Å². The minimum absolute atomic E-state index is 0. The van der Waals surface area contributed by atoms with Crippen LogP contribution < -0.4 is 94.1 Å². The van der Waals surface area contributed by atoms with Gasteiger partial charge in [0.2, 0.25) is 0 Å². The van der Waals surface area contributed by atoms with Gasteiger partial charge >= 0.3 is 19.5 Å². The first kappa shape index (κ1) is 29.9. The van der Waals surface area contributed by atoms with E-state index in [9.17, 15) is 0 Å². The first-order chi connectivity index (χ1) is 5.20. The van der Waals surface area contributed by atoms with Gasteiger partial charge in [-0.25, -0.2) is 0 Å². The number of rotatable bonds is 0. The van der Waals surface area contributed by atoms with E-state index in [0.717, 1.165) is 0 Å². The zero-order valence-corrected chi connectivity index (χ0v) is 13.8. The maximum Gasteiger partial charge on any atom is 3.00 e. The Balaban J connectivity index is -0.0000000270. The molecule has 0 heterocycles. The topological polar surface area (TPSA) is 239 Å². The molecule has 0 aliphatic heterocycles. The van der Waals surface area contributed by atoms with Crippen molar-refractivity contribution in [1.82, 2.24) is 0 Å². The van der Waals surface area contributed by atoms with Gasteiger partial charge < -0.3 is 36.4 Å². The van der Waals surface area contributed by atoms with Crippen molar-refractivity contribution >= 4 is 0 Å². The fourth-order valence-electron chi connectivity index (χ4n) is 0. The summed E-state index contributed by atoms with van der Waals surface area (Å²) in [6.45, 7) is 0. The predicted molar refractivity (Wildman–Crippen MR) is 3.61 cm³/mol. The second-order valence-electron chi connectivity index (χ2n) is 0.567. The van der Waals surface area contributed by atoms with Crippen LogP contribution in [-0.2, 0) is 19.5 Å². The van der Waals surface area contributed by atoms with Gasteiger partial charge in [-0.05, 0) is 0 Å². The molecule has 0 rings (SSSR count). The summed E-state index contributed by atoms with van der Waals surface area (Å²) in [5.41, 5.74) is 0. The second kappa shape index (κ2) is 24.6. The molecule has 92 valence electrons. The molecule has 14 heteroatoms. The maximum absolute atomic E-state index is 8.57. The van der Waals surface area contributed by atoms with E-state index >= 15 is 0 Å². The summed E-state index contributed by atoms with van der Waals surface area (Å²) in [5.74, 6) is 0. The normalized spacial score (nSPS) is 7.71.